The average molecular weight is 261 g/mol. The van der Waals surface area contributed by atoms with Crippen LogP contribution in [0.1, 0.15) is 20.7 Å². The van der Waals surface area contributed by atoms with Crippen molar-refractivity contribution in [2.45, 2.75) is 0 Å². The summed E-state index contributed by atoms with van der Waals surface area (Å²) in [4.78, 5) is 29.8. The van der Waals surface area contributed by atoms with Gasteiger partial charge in [0.05, 0.1) is 17.4 Å². The van der Waals surface area contributed by atoms with Crippen molar-refractivity contribution in [1.29, 1.82) is 0 Å². The van der Waals surface area contributed by atoms with Gasteiger partial charge in [-0.15, -0.1) is 0 Å². The third kappa shape index (κ3) is 2.89. The maximum Gasteiger partial charge on any atom is 0.337 e. The molecule has 2 aromatic heterocycles. The lowest BCUT2D eigenvalue weighted by Gasteiger charge is -2.07. The molecule has 7 heteroatoms. The number of halogens is 1. The fourth-order valence-electron chi connectivity index (χ4n) is 1.42. The summed E-state index contributed by atoms with van der Waals surface area (Å²) >= 11 is 0. The minimum Gasteiger partial charge on any atom is -0.478 e. The van der Waals surface area contributed by atoms with Gasteiger partial charge < -0.3 is 10.4 Å². The predicted octanol–water partition coefficient (Wildman–Crippen LogP) is 1.57. The molecule has 2 rings (SSSR count). The van der Waals surface area contributed by atoms with E-state index in [1.807, 2.05) is 0 Å². The van der Waals surface area contributed by atoms with Gasteiger partial charge in [0.2, 0.25) is 5.95 Å². The number of carboxylic acids is 1. The Morgan fingerprint density at radius 2 is 2.05 bits per heavy atom. The van der Waals surface area contributed by atoms with Gasteiger partial charge in [-0.25, -0.2) is 9.78 Å². The summed E-state index contributed by atoms with van der Waals surface area (Å²) in [5.74, 6) is -2.63. The molecule has 0 saturated carbocycles. The molecule has 0 spiro atoms. The third-order valence-electron chi connectivity index (χ3n) is 2.29. The number of pyridine rings is 2. The first-order chi connectivity index (χ1) is 9.08. The molecule has 0 unspecified atom stereocenters. The molecule has 96 valence electrons. The lowest BCUT2D eigenvalue weighted by molar-refractivity contribution is 0.0698. The Balaban J connectivity index is 2.27. The van der Waals surface area contributed by atoms with Crippen molar-refractivity contribution in [2.24, 2.45) is 0 Å². The van der Waals surface area contributed by atoms with Crippen molar-refractivity contribution in [3.05, 3.63) is 53.9 Å². The topological polar surface area (TPSA) is 92.2 Å². The largest absolute Gasteiger partial charge is 0.478 e. The van der Waals surface area contributed by atoms with Crippen LogP contribution in [-0.2, 0) is 0 Å². The summed E-state index contributed by atoms with van der Waals surface area (Å²) in [6.07, 6.45) is 3.65. The summed E-state index contributed by atoms with van der Waals surface area (Å²) in [6.45, 7) is 0. The molecule has 19 heavy (non-hydrogen) atoms. The molecule has 1 amide bonds. The van der Waals surface area contributed by atoms with E-state index in [-0.39, 0.29) is 16.8 Å². The minimum atomic E-state index is -1.20. The molecular weight excluding hydrogens is 253 g/mol. The van der Waals surface area contributed by atoms with Gasteiger partial charge in [0.1, 0.15) is 0 Å². The molecule has 2 N–H and O–H groups in total. The van der Waals surface area contributed by atoms with Gasteiger partial charge in [-0.2, -0.15) is 4.39 Å². The summed E-state index contributed by atoms with van der Waals surface area (Å²) in [5, 5.41) is 11.3. The Labute approximate surface area is 106 Å². The summed E-state index contributed by atoms with van der Waals surface area (Å²) in [7, 11) is 0. The minimum absolute atomic E-state index is 0.0349. The molecule has 6 nitrogen and oxygen atoms in total. The highest BCUT2D eigenvalue weighted by atomic mass is 19.1. The quantitative estimate of drug-likeness (QED) is 0.818. The maximum absolute atomic E-state index is 12.9. The lowest BCUT2D eigenvalue weighted by atomic mass is 10.2. The smallest absolute Gasteiger partial charge is 0.337 e. The molecule has 0 aliphatic heterocycles. The number of amides is 1. The van der Waals surface area contributed by atoms with Crippen LogP contribution in [0.3, 0.4) is 0 Å². The molecular formula is C12H8FN3O3. The van der Waals surface area contributed by atoms with Gasteiger partial charge in [0.15, 0.2) is 0 Å². The van der Waals surface area contributed by atoms with E-state index in [0.717, 1.165) is 12.3 Å². The van der Waals surface area contributed by atoms with Crippen LogP contribution in [0.4, 0.5) is 10.1 Å². The highest BCUT2D eigenvalue weighted by molar-refractivity contribution is 6.07. The highest BCUT2D eigenvalue weighted by Gasteiger charge is 2.13. The van der Waals surface area contributed by atoms with E-state index in [9.17, 15) is 14.0 Å². The predicted molar refractivity (Wildman–Crippen MR) is 63.3 cm³/mol. The second kappa shape index (κ2) is 5.21. The van der Waals surface area contributed by atoms with Crippen LogP contribution in [0, 0.1) is 5.95 Å². The van der Waals surface area contributed by atoms with Gasteiger partial charge in [0.25, 0.3) is 5.91 Å². The first-order valence-electron chi connectivity index (χ1n) is 5.18. The first-order valence-corrected chi connectivity index (χ1v) is 5.18. The molecule has 0 atom stereocenters. The molecule has 0 aromatic carbocycles. The van der Waals surface area contributed by atoms with E-state index in [1.54, 1.807) is 0 Å². The molecule has 0 saturated heterocycles. The molecule has 0 aliphatic carbocycles. The van der Waals surface area contributed by atoms with E-state index in [1.165, 1.54) is 24.5 Å². The van der Waals surface area contributed by atoms with Crippen LogP contribution >= 0.6 is 0 Å². The number of carbonyl (C=O) groups is 2. The number of nitrogens with zero attached hydrogens (tertiary/aromatic N) is 2. The number of aromatic carboxylic acids is 1. The second-order valence-corrected chi connectivity index (χ2v) is 3.55. The van der Waals surface area contributed by atoms with E-state index in [2.05, 4.69) is 15.3 Å². The van der Waals surface area contributed by atoms with Crippen LogP contribution in [-0.4, -0.2) is 27.0 Å². The van der Waals surface area contributed by atoms with Gasteiger partial charge in [0, 0.05) is 24.0 Å². The third-order valence-corrected chi connectivity index (χ3v) is 2.29. The van der Waals surface area contributed by atoms with Crippen LogP contribution in [0.5, 0.6) is 0 Å². The number of anilines is 1. The Kier molecular flexibility index (Phi) is 3.46. The Morgan fingerprint density at radius 1 is 1.26 bits per heavy atom. The average Bonchev–Trinajstić information content (AvgIpc) is 2.39. The Hall–Kier alpha value is -2.83. The van der Waals surface area contributed by atoms with E-state index >= 15 is 0 Å². The van der Waals surface area contributed by atoms with Crippen LogP contribution < -0.4 is 5.32 Å². The van der Waals surface area contributed by atoms with Crippen molar-refractivity contribution >= 4 is 17.6 Å². The number of hydrogen-bond acceptors (Lipinski definition) is 4. The zero-order chi connectivity index (χ0) is 13.8. The number of hydrogen-bond donors (Lipinski definition) is 2. The van der Waals surface area contributed by atoms with E-state index in [0.29, 0.717) is 0 Å². The monoisotopic (exact) mass is 261 g/mol. The molecule has 0 radical (unpaired) electrons. The number of carbonyl (C=O) groups excluding carboxylic acids is 1. The normalized spacial score (nSPS) is 9.95. The van der Waals surface area contributed by atoms with E-state index in [4.69, 9.17) is 5.11 Å². The Bertz CT molecular complexity index is 646. The Morgan fingerprint density at radius 3 is 2.74 bits per heavy atom. The molecule has 0 bridgehead atoms. The summed E-state index contributed by atoms with van der Waals surface area (Å²) in [6, 6.07) is 3.52. The van der Waals surface area contributed by atoms with Crippen molar-refractivity contribution in [2.75, 3.05) is 5.32 Å². The van der Waals surface area contributed by atoms with Crippen LogP contribution in [0.25, 0.3) is 0 Å². The SMILES string of the molecule is O=C(Nc1cnccc1C(=O)O)c1ccnc(F)c1. The van der Waals surface area contributed by atoms with Crippen molar-refractivity contribution in [1.82, 2.24) is 9.97 Å². The van der Waals surface area contributed by atoms with Crippen molar-refractivity contribution in [3.8, 4) is 0 Å². The molecule has 2 heterocycles. The van der Waals surface area contributed by atoms with Gasteiger partial charge in [-0.05, 0) is 12.1 Å². The lowest BCUT2D eigenvalue weighted by Crippen LogP contribution is -2.15. The first kappa shape index (κ1) is 12.6. The fourth-order valence-corrected chi connectivity index (χ4v) is 1.42. The van der Waals surface area contributed by atoms with Gasteiger partial charge in [-0.1, -0.05) is 0 Å². The van der Waals surface area contributed by atoms with Crippen LogP contribution in [0.2, 0.25) is 0 Å². The number of rotatable bonds is 3. The zero-order valence-corrected chi connectivity index (χ0v) is 9.50. The summed E-state index contributed by atoms with van der Waals surface area (Å²) < 4.78 is 12.9. The number of nitrogens with one attached hydrogen (secondary N) is 1. The van der Waals surface area contributed by atoms with Crippen molar-refractivity contribution < 1.29 is 19.1 Å². The zero-order valence-electron chi connectivity index (χ0n) is 9.50. The van der Waals surface area contributed by atoms with Gasteiger partial charge >= 0.3 is 5.97 Å². The summed E-state index contributed by atoms with van der Waals surface area (Å²) in [5.41, 5.74) is -0.0252. The highest BCUT2D eigenvalue weighted by Crippen LogP contribution is 2.14. The standard InChI is InChI=1S/C12H8FN3O3/c13-10-5-7(1-4-15-10)11(17)16-9-6-14-3-2-8(9)12(18)19/h1-6H,(H,16,17)(H,18,19). The molecule has 2 aromatic rings. The second-order valence-electron chi connectivity index (χ2n) is 3.55. The molecule has 0 fully saturated rings. The van der Waals surface area contributed by atoms with Crippen molar-refractivity contribution in [3.63, 3.8) is 0 Å². The van der Waals surface area contributed by atoms with Crippen LogP contribution in [0.15, 0.2) is 36.8 Å². The number of carboxylic acid groups (broad SMARTS) is 1. The maximum atomic E-state index is 12.9. The number of aromatic nitrogens is 2. The van der Waals surface area contributed by atoms with E-state index < -0.39 is 17.8 Å². The van der Waals surface area contributed by atoms with Gasteiger partial charge in [-0.3, -0.25) is 9.78 Å². The molecule has 0 aliphatic rings. The fraction of sp³-hybridized carbons (Fsp3) is 0.